The zero-order chi connectivity index (χ0) is 13.9. The van der Waals surface area contributed by atoms with Gasteiger partial charge in [-0.3, -0.25) is 0 Å². The van der Waals surface area contributed by atoms with Crippen molar-refractivity contribution in [3.05, 3.63) is 53.6 Å². The van der Waals surface area contributed by atoms with Crippen molar-refractivity contribution in [2.45, 2.75) is 13.3 Å². The summed E-state index contributed by atoms with van der Waals surface area (Å²) in [6.45, 7) is 2.27. The Labute approximate surface area is 116 Å². The highest BCUT2D eigenvalue weighted by atomic mass is 16.7. The summed E-state index contributed by atoms with van der Waals surface area (Å²) in [6, 6.07) is 12.5. The van der Waals surface area contributed by atoms with E-state index >= 15 is 0 Å². The van der Waals surface area contributed by atoms with E-state index in [1.54, 1.807) is 30.3 Å². The second-order valence-corrected chi connectivity index (χ2v) is 4.46. The van der Waals surface area contributed by atoms with E-state index in [4.69, 9.17) is 14.2 Å². The summed E-state index contributed by atoms with van der Waals surface area (Å²) >= 11 is 0. The normalized spacial score (nSPS) is 12.2. The third-order valence-electron chi connectivity index (χ3n) is 3.15. The summed E-state index contributed by atoms with van der Waals surface area (Å²) in [4.78, 5) is 12.0. The number of ether oxygens (including phenoxy) is 3. The molecule has 0 amide bonds. The van der Waals surface area contributed by atoms with Crippen LogP contribution in [0.1, 0.15) is 22.8 Å². The molecule has 0 N–H and O–H groups in total. The second-order valence-electron chi connectivity index (χ2n) is 4.46. The minimum Gasteiger partial charge on any atom is -0.454 e. The number of fused-ring (bicyclic) bond motifs is 1. The minimum atomic E-state index is -0.383. The van der Waals surface area contributed by atoms with Crippen LogP contribution in [0.2, 0.25) is 0 Å². The summed E-state index contributed by atoms with van der Waals surface area (Å²) in [6.07, 6.45) is 0.942. The molecule has 1 aliphatic heterocycles. The maximum atomic E-state index is 12.0. The molecule has 0 saturated heterocycles. The molecule has 1 aliphatic rings. The SMILES string of the molecule is CCc1ccc(C(=O)Oc2ccc3c(c2)OCO3)cc1. The van der Waals surface area contributed by atoms with Crippen molar-refractivity contribution in [1.29, 1.82) is 0 Å². The van der Waals surface area contributed by atoms with Crippen molar-refractivity contribution >= 4 is 5.97 Å². The third kappa shape index (κ3) is 2.45. The van der Waals surface area contributed by atoms with Gasteiger partial charge in [-0.15, -0.1) is 0 Å². The Kier molecular flexibility index (Phi) is 3.29. The van der Waals surface area contributed by atoms with Gasteiger partial charge in [0.1, 0.15) is 5.75 Å². The Morgan fingerprint density at radius 1 is 1.10 bits per heavy atom. The monoisotopic (exact) mass is 270 g/mol. The lowest BCUT2D eigenvalue weighted by atomic mass is 10.1. The summed E-state index contributed by atoms with van der Waals surface area (Å²) in [5.41, 5.74) is 1.71. The lowest BCUT2D eigenvalue weighted by Crippen LogP contribution is -2.08. The van der Waals surface area contributed by atoms with Gasteiger partial charge in [0.15, 0.2) is 11.5 Å². The van der Waals surface area contributed by atoms with Gasteiger partial charge in [0, 0.05) is 6.07 Å². The summed E-state index contributed by atoms with van der Waals surface area (Å²) in [5, 5.41) is 0. The molecule has 20 heavy (non-hydrogen) atoms. The lowest BCUT2D eigenvalue weighted by Gasteiger charge is -2.05. The van der Waals surface area contributed by atoms with Crippen molar-refractivity contribution in [2.75, 3.05) is 6.79 Å². The standard InChI is InChI=1S/C16H14O4/c1-2-11-3-5-12(6-4-11)16(17)20-13-7-8-14-15(9-13)19-10-18-14/h3-9H,2,10H2,1H3. The van der Waals surface area contributed by atoms with Crippen molar-refractivity contribution in [2.24, 2.45) is 0 Å². The van der Waals surface area contributed by atoms with E-state index in [0.29, 0.717) is 22.8 Å². The largest absolute Gasteiger partial charge is 0.454 e. The molecule has 0 unspecified atom stereocenters. The predicted octanol–water partition coefficient (Wildman–Crippen LogP) is 3.20. The average molecular weight is 270 g/mol. The van der Waals surface area contributed by atoms with E-state index in [0.717, 1.165) is 6.42 Å². The summed E-state index contributed by atoms with van der Waals surface area (Å²) in [5.74, 6) is 1.32. The second kappa shape index (κ2) is 5.25. The lowest BCUT2D eigenvalue weighted by molar-refractivity contribution is 0.0734. The molecular weight excluding hydrogens is 256 g/mol. The summed E-state index contributed by atoms with van der Waals surface area (Å²) < 4.78 is 15.8. The molecule has 0 fully saturated rings. The van der Waals surface area contributed by atoms with E-state index in [1.807, 2.05) is 12.1 Å². The van der Waals surface area contributed by atoms with Crippen LogP contribution in [0.5, 0.6) is 17.2 Å². The van der Waals surface area contributed by atoms with Crippen molar-refractivity contribution in [3.8, 4) is 17.2 Å². The number of rotatable bonds is 3. The molecule has 0 saturated carbocycles. The number of benzene rings is 2. The quantitative estimate of drug-likeness (QED) is 0.634. The molecule has 2 aromatic carbocycles. The molecular formula is C16H14O4. The van der Waals surface area contributed by atoms with Crippen LogP contribution >= 0.6 is 0 Å². The van der Waals surface area contributed by atoms with Crippen molar-refractivity contribution in [3.63, 3.8) is 0 Å². The molecule has 4 nitrogen and oxygen atoms in total. The molecule has 0 aromatic heterocycles. The highest BCUT2D eigenvalue weighted by Crippen LogP contribution is 2.35. The van der Waals surface area contributed by atoms with Gasteiger partial charge in [0.2, 0.25) is 6.79 Å². The smallest absolute Gasteiger partial charge is 0.343 e. The Balaban J connectivity index is 1.75. The van der Waals surface area contributed by atoms with Gasteiger partial charge in [-0.2, -0.15) is 0 Å². The van der Waals surface area contributed by atoms with Gasteiger partial charge in [-0.1, -0.05) is 19.1 Å². The Morgan fingerprint density at radius 2 is 1.85 bits per heavy atom. The third-order valence-corrected chi connectivity index (χ3v) is 3.15. The van der Waals surface area contributed by atoms with Crippen LogP contribution in [-0.2, 0) is 6.42 Å². The molecule has 0 atom stereocenters. The first-order valence-electron chi connectivity index (χ1n) is 6.47. The van der Waals surface area contributed by atoms with Gasteiger partial charge in [-0.25, -0.2) is 4.79 Å². The number of carbonyl (C=O) groups excluding carboxylic acids is 1. The fourth-order valence-electron chi connectivity index (χ4n) is 1.98. The zero-order valence-corrected chi connectivity index (χ0v) is 11.1. The molecule has 3 rings (SSSR count). The molecule has 102 valence electrons. The molecule has 2 aromatic rings. The fourth-order valence-corrected chi connectivity index (χ4v) is 1.98. The molecule has 0 bridgehead atoms. The summed E-state index contributed by atoms with van der Waals surface area (Å²) in [7, 11) is 0. The van der Waals surface area contributed by atoms with Gasteiger partial charge in [0.25, 0.3) is 0 Å². The Hall–Kier alpha value is -2.49. The highest BCUT2D eigenvalue weighted by molar-refractivity contribution is 5.91. The van der Waals surface area contributed by atoms with Crippen molar-refractivity contribution < 1.29 is 19.0 Å². The number of carbonyl (C=O) groups is 1. The van der Waals surface area contributed by atoms with Crippen LogP contribution < -0.4 is 14.2 Å². The average Bonchev–Trinajstić information content (AvgIpc) is 2.95. The topological polar surface area (TPSA) is 44.8 Å². The first-order chi connectivity index (χ1) is 9.76. The van der Waals surface area contributed by atoms with Crippen LogP contribution in [0.15, 0.2) is 42.5 Å². The van der Waals surface area contributed by atoms with Crippen LogP contribution in [0.3, 0.4) is 0 Å². The maximum absolute atomic E-state index is 12.0. The molecule has 0 radical (unpaired) electrons. The number of aryl methyl sites for hydroxylation is 1. The molecule has 0 aliphatic carbocycles. The molecule has 1 heterocycles. The van der Waals surface area contributed by atoms with Crippen LogP contribution in [0.25, 0.3) is 0 Å². The molecule has 4 heteroatoms. The van der Waals surface area contributed by atoms with Gasteiger partial charge >= 0.3 is 5.97 Å². The van der Waals surface area contributed by atoms with Crippen LogP contribution in [-0.4, -0.2) is 12.8 Å². The first-order valence-corrected chi connectivity index (χ1v) is 6.47. The van der Waals surface area contributed by atoms with E-state index in [1.165, 1.54) is 5.56 Å². The zero-order valence-electron chi connectivity index (χ0n) is 11.1. The highest BCUT2D eigenvalue weighted by Gasteiger charge is 2.15. The molecule has 0 spiro atoms. The predicted molar refractivity (Wildman–Crippen MR) is 73.3 cm³/mol. The minimum absolute atomic E-state index is 0.200. The fraction of sp³-hybridized carbons (Fsp3) is 0.188. The van der Waals surface area contributed by atoms with E-state index in [2.05, 4.69) is 6.92 Å². The van der Waals surface area contributed by atoms with Crippen LogP contribution in [0, 0.1) is 0 Å². The van der Waals surface area contributed by atoms with E-state index < -0.39 is 0 Å². The number of hydrogen-bond donors (Lipinski definition) is 0. The van der Waals surface area contributed by atoms with Crippen molar-refractivity contribution in [1.82, 2.24) is 0 Å². The number of esters is 1. The Morgan fingerprint density at radius 3 is 2.60 bits per heavy atom. The first kappa shape index (κ1) is 12.5. The van der Waals surface area contributed by atoms with E-state index in [9.17, 15) is 4.79 Å². The van der Waals surface area contributed by atoms with Gasteiger partial charge in [-0.05, 0) is 36.2 Å². The maximum Gasteiger partial charge on any atom is 0.343 e. The Bertz CT molecular complexity index is 631. The van der Waals surface area contributed by atoms with Crippen LogP contribution in [0.4, 0.5) is 0 Å². The van der Waals surface area contributed by atoms with E-state index in [-0.39, 0.29) is 12.8 Å². The number of hydrogen-bond acceptors (Lipinski definition) is 4. The van der Waals surface area contributed by atoms with Gasteiger partial charge < -0.3 is 14.2 Å². The van der Waals surface area contributed by atoms with Gasteiger partial charge in [0.05, 0.1) is 5.56 Å².